The van der Waals surface area contributed by atoms with E-state index in [4.69, 9.17) is 11.5 Å². The second-order valence-electron chi connectivity index (χ2n) is 3.21. The highest BCUT2D eigenvalue weighted by atomic mass is 19.1. The van der Waals surface area contributed by atoms with E-state index in [9.17, 15) is 4.39 Å². The topological polar surface area (TPSA) is 52.0 Å². The number of nitrogens with two attached hydrogens (primary N) is 2. The molecule has 72 valence electrons. The first-order chi connectivity index (χ1) is 6.15. The summed E-state index contributed by atoms with van der Waals surface area (Å²) in [7, 11) is 0. The first-order valence-electron chi connectivity index (χ1n) is 4.37. The van der Waals surface area contributed by atoms with Gasteiger partial charge in [0.2, 0.25) is 0 Å². The Balaban J connectivity index is 2.91. The molecule has 0 saturated carbocycles. The third-order valence-corrected chi connectivity index (χ3v) is 2.03. The Labute approximate surface area is 77.7 Å². The number of benzene rings is 1. The van der Waals surface area contributed by atoms with E-state index in [1.165, 1.54) is 6.07 Å². The lowest BCUT2D eigenvalue weighted by Gasteiger charge is -2.12. The molecule has 0 aliphatic heterocycles. The molecule has 0 amide bonds. The van der Waals surface area contributed by atoms with Gasteiger partial charge in [-0.2, -0.15) is 0 Å². The van der Waals surface area contributed by atoms with E-state index in [2.05, 4.69) is 0 Å². The van der Waals surface area contributed by atoms with Crippen LogP contribution in [-0.2, 0) is 0 Å². The van der Waals surface area contributed by atoms with Gasteiger partial charge in [-0.3, -0.25) is 0 Å². The minimum Gasteiger partial charge on any atom is -0.330 e. The van der Waals surface area contributed by atoms with Gasteiger partial charge in [-0.05, 0) is 26.0 Å². The number of rotatable bonds is 3. The van der Waals surface area contributed by atoms with Gasteiger partial charge in [0.25, 0.3) is 0 Å². The summed E-state index contributed by atoms with van der Waals surface area (Å²) in [5, 5.41) is 0. The Kier molecular flexibility index (Phi) is 3.39. The average Bonchev–Trinajstić information content (AvgIpc) is 2.09. The molecule has 1 aromatic rings. The molecule has 0 radical (unpaired) electrons. The molecule has 0 aliphatic carbocycles. The summed E-state index contributed by atoms with van der Waals surface area (Å²) in [5.41, 5.74) is 12.7. The van der Waals surface area contributed by atoms with Crippen LogP contribution < -0.4 is 11.5 Å². The smallest absolute Gasteiger partial charge is 0.127 e. The predicted molar refractivity (Wildman–Crippen MR) is 51.7 cm³/mol. The molecule has 0 spiro atoms. The molecule has 3 heteroatoms. The Morgan fingerprint density at radius 1 is 1.46 bits per heavy atom. The molecule has 2 nitrogen and oxygen atoms in total. The summed E-state index contributed by atoms with van der Waals surface area (Å²) in [5.74, 6) is -0.244. The van der Waals surface area contributed by atoms with Crippen molar-refractivity contribution in [1.82, 2.24) is 0 Å². The molecule has 1 rings (SSSR count). The van der Waals surface area contributed by atoms with Gasteiger partial charge in [0, 0.05) is 11.6 Å². The summed E-state index contributed by atoms with van der Waals surface area (Å²) in [6.45, 7) is 2.40. The zero-order valence-corrected chi connectivity index (χ0v) is 7.76. The van der Waals surface area contributed by atoms with E-state index in [-0.39, 0.29) is 11.9 Å². The van der Waals surface area contributed by atoms with Crippen LogP contribution in [0.3, 0.4) is 0 Å². The lowest BCUT2D eigenvalue weighted by Crippen LogP contribution is -2.16. The number of hydrogen-bond acceptors (Lipinski definition) is 2. The maximum atomic E-state index is 13.2. The molecule has 0 heterocycles. The molecule has 4 N–H and O–H groups in total. The molecular weight excluding hydrogens is 167 g/mol. The molecular formula is C10H15FN2. The second kappa shape index (κ2) is 4.35. The van der Waals surface area contributed by atoms with Crippen molar-refractivity contribution in [3.63, 3.8) is 0 Å². The molecule has 0 saturated heterocycles. The summed E-state index contributed by atoms with van der Waals surface area (Å²) in [6, 6.07) is 4.66. The van der Waals surface area contributed by atoms with Crippen LogP contribution in [0, 0.1) is 12.7 Å². The van der Waals surface area contributed by atoms with Crippen molar-refractivity contribution in [1.29, 1.82) is 0 Å². The van der Waals surface area contributed by atoms with Crippen LogP contribution in [0.1, 0.15) is 23.6 Å². The maximum Gasteiger partial charge on any atom is 0.127 e. The predicted octanol–water partition coefficient (Wildman–Crippen LogP) is 1.48. The highest BCUT2D eigenvalue weighted by molar-refractivity contribution is 5.26. The fraction of sp³-hybridized carbons (Fsp3) is 0.400. The summed E-state index contributed by atoms with van der Waals surface area (Å²) >= 11 is 0. The third-order valence-electron chi connectivity index (χ3n) is 2.03. The van der Waals surface area contributed by atoms with Crippen LogP contribution in [0.4, 0.5) is 4.39 Å². The van der Waals surface area contributed by atoms with Gasteiger partial charge in [-0.25, -0.2) is 4.39 Å². The number of halogens is 1. The summed E-state index contributed by atoms with van der Waals surface area (Å²) in [4.78, 5) is 0. The van der Waals surface area contributed by atoms with Crippen LogP contribution in [0.25, 0.3) is 0 Å². The van der Waals surface area contributed by atoms with E-state index in [0.29, 0.717) is 18.5 Å². The summed E-state index contributed by atoms with van der Waals surface area (Å²) < 4.78 is 13.2. The van der Waals surface area contributed by atoms with Gasteiger partial charge in [-0.1, -0.05) is 17.7 Å². The number of aryl methyl sites for hydroxylation is 1. The Bertz CT molecular complexity index is 286. The Hall–Kier alpha value is -0.930. The SMILES string of the molecule is Cc1ccc(F)c([C@@H](N)CCN)c1. The van der Waals surface area contributed by atoms with Crippen molar-refractivity contribution in [3.8, 4) is 0 Å². The molecule has 0 bridgehead atoms. The quantitative estimate of drug-likeness (QED) is 0.744. The maximum absolute atomic E-state index is 13.2. The van der Waals surface area contributed by atoms with Crippen molar-refractivity contribution < 1.29 is 4.39 Å². The van der Waals surface area contributed by atoms with Gasteiger partial charge in [0.15, 0.2) is 0 Å². The van der Waals surface area contributed by atoms with Crippen molar-refractivity contribution >= 4 is 0 Å². The highest BCUT2D eigenvalue weighted by Crippen LogP contribution is 2.18. The molecule has 1 aromatic carbocycles. The van der Waals surface area contributed by atoms with Gasteiger partial charge in [0.05, 0.1) is 0 Å². The second-order valence-corrected chi connectivity index (χ2v) is 3.21. The van der Waals surface area contributed by atoms with E-state index in [0.717, 1.165) is 5.56 Å². The number of hydrogen-bond donors (Lipinski definition) is 2. The first kappa shape index (κ1) is 10.2. The van der Waals surface area contributed by atoms with Crippen LogP contribution in [-0.4, -0.2) is 6.54 Å². The van der Waals surface area contributed by atoms with Crippen molar-refractivity contribution in [2.75, 3.05) is 6.54 Å². The van der Waals surface area contributed by atoms with Crippen LogP contribution in [0.2, 0.25) is 0 Å². The monoisotopic (exact) mass is 182 g/mol. The normalized spacial score (nSPS) is 12.9. The summed E-state index contributed by atoms with van der Waals surface area (Å²) in [6.07, 6.45) is 0.611. The highest BCUT2D eigenvalue weighted by Gasteiger charge is 2.10. The lowest BCUT2D eigenvalue weighted by molar-refractivity contribution is 0.566. The Morgan fingerprint density at radius 3 is 2.77 bits per heavy atom. The van der Waals surface area contributed by atoms with E-state index < -0.39 is 0 Å². The van der Waals surface area contributed by atoms with Crippen molar-refractivity contribution in [2.24, 2.45) is 11.5 Å². The molecule has 0 aromatic heterocycles. The van der Waals surface area contributed by atoms with E-state index >= 15 is 0 Å². The van der Waals surface area contributed by atoms with Gasteiger partial charge in [0.1, 0.15) is 5.82 Å². The largest absolute Gasteiger partial charge is 0.330 e. The minimum absolute atomic E-state index is 0.244. The van der Waals surface area contributed by atoms with Crippen LogP contribution in [0.5, 0.6) is 0 Å². The molecule has 1 atom stereocenters. The molecule has 0 aliphatic rings. The standard InChI is InChI=1S/C10H15FN2/c1-7-2-3-9(11)8(6-7)10(13)4-5-12/h2-3,6,10H,4-5,12-13H2,1H3/t10-/m0/s1. The van der Waals surface area contributed by atoms with Gasteiger partial charge < -0.3 is 11.5 Å². The van der Waals surface area contributed by atoms with Gasteiger partial charge >= 0.3 is 0 Å². The van der Waals surface area contributed by atoms with Gasteiger partial charge in [-0.15, -0.1) is 0 Å². The Morgan fingerprint density at radius 2 is 2.15 bits per heavy atom. The van der Waals surface area contributed by atoms with Crippen LogP contribution in [0.15, 0.2) is 18.2 Å². The third kappa shape index (κ3) is 2.50. The first-order valence-corrected chi connectivity index (χ1v) is 4.37. The zero-order chi connectivity index (χ0) is 9.84. The average molecular weight is 182 g/mol. The molecule has 13 heavy (non-hydrogen) atoms. The fourth-order valence-corrected chi connectivity index (χ4v) is 1.28. The van der Waals surface area contributed by atoms with Crippen molar-refractivity contribution in [3.05, 3.63) is 35.1 Å². The van der Waals surface area contributed by atoms with E-state index in [1.54, 1.807) is 12.1 Å². The lowest BCUT2D eigenvalue weighted by atomic mass is 10.0. The van der Waals surface area contributed by atoms with Crippen molar-refractivity contribution in [2.45, 2.75) is 19.4 Å². The minimum atomic E-state index is -0.287. The molecule has 0 fully saturated rings. The van der Waals surface area contributed by atoms with E-state index in [1.807, 2.05) is 6.92 Å². The van der Waals surface area contributed by atoms with Crippen LogP contribution >= 0.6 is 0 Å². The fourth-order valence-electron chi connectivity index (χ4n) is 1.28. The zero-order valence-electron chi connectivity index (χ0n) is 7.76. The molecule has 0 unspecified atom stereocenters.